The van der Waals surface area contributed by atoms with Crippen molar-refractivity contribution in [3.05, 3.63) is 35.5 Å². The Morgan fingerprint density at radius 2 is 2.27 bits per heavy atom. The van der Waals surface area contributed by atoms with E-state index in [-0.39, 0.29) is 30.2 Å². The molecule has 2 aromatic rings. The van der Waals surface area contributed by atoms with Gasteiger partial charge in [-0.25, -0.2) is 0 Å². The third kappa shape index (κ3) is 3.95. The zero-order valence-corrected chi connectivity index (χ0v) is 15.4. The third-order valence-corrected chi connectivity index (χ3v) is 4.97. The van der Waals surface area contributed by atoms with E-state index in [2.05, 4.69) is 15.6 Å². The summed E-state index contributed by atoms with van der Waals surface area (Å²) in [6.07, 6.45) is 7.17. The van der Waals surface area contributed by atoms with Gasteiger partial charge in [-0.3, -0.25) is 14.3 Å². The highest BCUT2D eigenvalue weighted by molar-refractivity contribution is 5.84. The van der Waals surface area contributed by atoms with E-state index in [0.717, 1.165) is 30.5 Å². The van der Waals surface area contributed by atoms with Crippen molar-refractivity contribution in [2.75, 3.05) is 13.1 Å². The monoisotopic (exact) mass is 359 g/mol. The van der Waals surface area contributed by atoms with Gasteiger partial charge in [0.1, 0.15) is 6.26 Å². The first-order valence-electron chi connectivity index (χ1n) is 8.91. The van der Waals surface area contributed by atoms with E-state index in [4.69, 9.17) is 4.52 Å². The number of carbonyl (C=O) groups is 2. The van der Waals surface area contributed by atoms with Gasteiger partial charge < -0.3 is 14.7 Å². The predicted molar refractivity (Wildman–Crippen MR) is 94.3 cm³/mol. The van der Waals surface area contributed by atoms with Crippen LogP contribution in [0.3, 0.4) is 0 Å². The van der Waals surface area contributed by atoms with Crippen LogP contribution in [-0.4, -0.2) is 50.8 Å². The molecule has 1 saturated heterocycles. The normalized spacial score (nSPS) is 18.1. The van der Waals surface area contributed by atoms with Crippen LogP contribution in [0.5, 0.6) is 0 Å². The molecule has 1 fully saturated rings. The molecule has 0 radical (unpaired) electrons. The van der Waals surface area contributed by atoms with Gasteiger partial charge in [0.2, 0.25) is 11.8 Å². The molecule has 0 saturated carbocycles. The number of nitrogens with zero attached hydrogens (tertiary/aromatic N) is 4. The third-order valence-electron chi connectivity index (χ3n) is 4.97. The lowest BCUT2D eigenvalue weighted by molar-refractivity contribution is -0.133. The van der Waals surface area contributed by atoms with E-state index in [1.165, 1.54) is 6.26 Å². The van der Waals surface area contributed by atoms with Gasteiger partial charge in [0, 0.05) is 43.5 Å². The van der Waals surface area contributed by atoms with E-state index in [1.807, 2.05) is 32.0 Å². The summed E-state index contributed by atoms with van der Waals surface area (Å²) in [7, 11) is 1.84. The minimum atomic E-state index is -0.238. The number of nitrogens with one attached hydrogen (secondary N) is 1. The fourth-order valence-electron chi connectivity index (χ4n) is 3.32. The number of carbonyl (C=O) groups excluding carboxylic acids is 2. The van der Waals surface area contributed by atoms with Crippen molar-refractivity contribution in [3.63, 3.8) is 0 Å². The molecule has 140 valence electrons. The molecule has 2 aromatic heterocycles. The van der Waals surface area contributed by atoms with Crippen LogP contribution in [0.25, 0.3) is 0 Å². The maximum Gasteiger partial charge on any atom is 0.230 e. The van der Waals surface area contributed by atoms with E-state index in [9.17, 15) is 9.59 Å². The first-order chi connectivity index (χ1) is 12.5. The van der Waals surface area contributed by atoms with Gasteiger partial charge in [0.15, 0.2) is 0 Å². The fourth-order valence-corrected chi connectivity index (χ4v) is 3.32. The first kappa shape index (κ1) is 18.2. The van der Waals surface area contributed by atoms with Gasteiger partial charge in [0.25, 0.3) is 0 Å². The van der Waals surface area contributed by atoms with E-state index in [0.29, 0.717) is 12.2 Å². The van der Waals surface area contributed by atoms with Crippen LogP contribution in [-0.2, 0) is 23.1 Å². The maximum absolute atomic E-state index is 12.9. The molecule has 2 amide bonds. The largest absolute Gasteiger partial charge is 0.364 e. The van der Waals surface area contributed by atoms with Crippen molar-refractivity contribution >= 4 is 11.8 Å². The number of aromatic nitrogens is 3. The second-order valence-electron chi connectivity index (χ2n) is 6.92. The number of rotatable bonds is 6. The summed E-state index contributed by atoms with van der Waals surface area (Å²) in [5.41, 5.74) is 2.42. The highest BCUT2D eigenvalue weighted by Gasteiger charge is 2.32. The Balaban J connectivity index is 1.55. The molecule has 3 heterocycles. The van der Waals surface area contributed by atoms with Crippen LogP contribution >= 0.6 is 0 Å². The molecular formula is C18H25N5O3. The van der Waals surface area contributed by atoms with Crippen molar-refractivity contribution in [2.45, 2.75) is 45.1 Å². The molecule has 8 nitrogen and oxygen atoms in total. The molecule has 2 atom stereocenters. The second-order valence-corrected chi connectivity index (χ2v) is 6.92. The molecule has 0 bridgehead atoms. The van der Waals surface area contributed by atoms with Crippen LogP contribution in [0.2, 0.25) is 0 Å². The molecule has 1 unspecified atom stereocenters. The zero-order chi connectivity index (χ0) is 18.7. The van der Waals surface area contributed by atoms with Gasteiger partial charge >= 0.3 is 0 Å². The standard InChI is InChI=1S/C18H25N5O3/c1-12-11-26-21-16(12)7-17(24)19-9-15-5-4-6-23(15)18(25)13(2)14-8-20-22(3)10-14/h8,10-11,13,15H,4-7,9H2,1-3H3,(H,19,24)/t13?,15-/m1/s1. The number of hydrogen-bond donors (Lipinski definition) is 1. The lowest BCUT2D eigenvalue weighted by Gasteiger charge is -2.27. The minimum Gasteiger partial charge on any atom is -0.364 e. The second kappa shape index (κ2) is 7.72. The van der Waals surface area contributed by atoms with Gasteiger partial charge in [-0.2, -0.15) is 5.10 Å². The van der Waals surface area contributed by atoms with Crippen molar-refractivity contribution in [2.24, 2.45) is 7.05 Å². The summed E-state index contributed by atoms with van der Waals surface area (Å²) in [5.74, 6) is -0.263. The average molecular weight is 359 g/mol. The Morgan fingerprint density at radius 1 is 1.46 bits per heavy atom. The van der Waals surface area contributed by atoms with Crippen LogP contribution in [0, 0.1) is 6.92 Å². The average Bonchev–Trinajstić information content (AvgIpc) is 3.34. The molecule has 8 heteroatoms. The van der Waals surface area contributed by atoms with Crippen molar-refractivity contribution < 1.29 is 14.1 Å². The Kier molecular flexibility index (Phi) is 5.39. The van der Waals surface area contributed by atoms with Crippen LogP contribution in [0.1, 0.15) is 42.5 Å². The van der Waals surface area contributed by atoms with E-state index in [1.54, 1.807) is 10.9 Å². The summed E-state index contributed by atoms with van der Waals surface area (Å²) < 4.78 is 6.55. The van der Waals surface area contributed by atoms with Gasteiger partial charge in [-0.1, -0.05) is 5.16 Å². The molecule has 1 N–H and O–H groups in total. The number of hydrogen-bond acceptors (Lipinski definition) is 5. The molecule has 0 spiro atoms. The number of aryl methyl sites for hydroxylation is 2. The molecular weight excluding hydrogens is 334 g/mol. The lowest BCUT2D eigenvalue weighted by atomic mass is 10.0. The molecule has 3 rings (SSSR count). The number of likely N-dealkylation sites (tertiary alicyclic amines) is 1. The van der Waals surface area contributed by atoms with Crippen LogP contribution < -0.4 is 5.32 Å². The van der Waals surface area contributed by atoms with Crippen LogP contribution in [0.4, 0.5) is 0 Å². The van der Waals surface area contributed by atoms with Gasteiger partial charge in [-0.15, -0.1) is 0 Å². The van der Waals surface area contributed by atoms with Crippen molar-refractivity contribution in [1.29, 1.82) is 0 Å². The van der Waals surface area contributed by atoms with Gasteiger partial charge in [-0.05, 0) is 26.7 Å². The summed E-state index contributed by atoms with van der Waals surface area (Å²) in [5, 5.41) is 10.9. The summed E-state index contributed by atoms with van der Waals surface area (Å²) in [4.78, 5) is 26.9. The SMILES string of the molecule is Cc1conc1CC(=O)NC[C@H]1CCCN1C(=O)C(C)c1cnn(C)c1. The highest BCUT2D eigenvalue weighted by Crippen LogP contribution is 2.24. The minimum absolute atomic E-state index is 0.0315. The quantitative estimate of drug-likeness (QED) is 0.836. The Labute approximate surface area is 152 Å². The molecule has 0 aliphatic carbocycles. The summed E-state index contributed by atoms with van der Waals surface area (Å²) in [6.45, 7) is 4.95. The Bertz CT molecular complexity index is 781. The maximum atomic E-state index is 12.9. The summed E-state index contributed by atoms with van der Waals surface area (Å²) >= 11 is 0. The topological polar surface area (TPSA) is 93.3 Å². The molecule has 1 aliphatic heterocycles. The molecule has 0 aromatic carbocycles. The van der Waals surface area contributed by atoms with Gasteiger partial charge in [0.05, 0.1) is 24.2 Å². The van der Waals surface area contributed by atoms with Crippen molar-refractivity contribution in [1.82, 2.24) is 25.2 Å². The molecule has 1 aliphatic rings. The highest BCUT2D eigenvalue weighted by atomic mass is 16.5. The van der Waals surface area contributed by atoms with Crippen LogP contribution in [0.15, 0.2) is 23.2 Å². The van der Waals surface area contributed by atoms with E-state index < -0.39 is 0 Å². The smallest absolute Gasteiger partial charge is 0.230 e. The fraction of sp³-hybridized carbons (Fsp3) is 0.556. The first-order valence-corrected chi connectivity index (χ1v) is 8.91. The Morgan fingerprint density at radius 3 is 2.92 bits per heavy atom. The number of amides is 2. The summed E-state index contributed by atoms with van der Waals surface area (Å²) in [6, 6.07) is 0.0315. The molecule has 26 heavy (non-hydrogen) atoms. The predicted octanol–water partition coefficient (Wildman–Crippen LogP) is 1.17. The zero-order valence-electron chi connectivity index (χ0n) is 15.4. The Hall–Kier alpha value is -2.64. The van der Waals surface area contributed by atoms with Crippen molar-refractivity contribution in [3.8, 4) is 0 Å². The lowest BCUT2D eigenvalue weighted by Crippen LogP contribution is -2.44. The van der Waals surface area contributed by atoms with E-state index >= 15 is 0 Å².